The molecule has 0 aliphatic heterocycles. The Hall–Kier alpha value is -3.75. The van der Waals surface area contributed by atoms with Crippen molar-refractivity contribution in [2.24, 2.45) is 0 Å². The molecule has 0 spiro atoms. The Morgan fingerprint density at radius 3 is 2.71 bits per heavy atom. The van der Waals surface area contributed by atoms with E-state index in [1.54, 1.807) is 25.4 Å². The van der Waals surface area contributed by atoms with Crippen molar-refractivity contribution in [3.8, 4) is 22.9 Å². The quantitative estimate of drug-likeness (QED) is 0.274. The van der Waals surface area contributed by atoms with Gasteiger partial charge in [-0.3, -0.25) is 9.38 Å². The zero-order valence-electron chi connectivity index (χ0n) is 19.6. The molecule has 0 amide bonds. The lowest BCUT2D eigenvalue weighted by Crippen LogP contribution is -2.13. The number of fused-ring (bicyclic) bond motifs is 3. The number of rotatable bonds is 8. The van der Waals surface area contributed by atoms with Gasteiger partial charge in [0.25, 0.3) is 0 Å². The van der Waals surface area contributed by atoms with Crippen LogP contribution >= 0.6 is 11.6 Å². The largest absolute Gasteiger partial charge is 0.493 e. The molecule has 3 heterocycles. The normalized spacial score (nSPS) is 12.2. The van der Waals surface area contributed by atoms with Gasteiger partial charge in [0.15, 0.2) is 17.8 Å². The van der Waals surface area contributed by atoms with Gasteiger partial charge in [0, 0.05) is 37.6 Å². The van der Waals surface area contributed by atoms with Crippen molar-refractivity contribution in [3.05, 3.63) is 77.2 Å². The van der Waals surface area contributed by atoms with E-state index in [0.717, 1.165) is 34.5 Å². The van der Waals surface area contributed by atoms with Gasteiger partial charge in [-0.1, -0.05) is 17.7 Å². The standard InChI is InChI=1S/C26H24ClN5O3/c1-16-25-30-31-26(21-13-20(6-8-22(21)27)35-17(2)33-3)32(25)24-14-19(7-9-23(24)29-16)34-12-10-18-5-4-11-28-15-18/h4-9,11,13-15,17H,10,12H2,1-3H3. The van der Waals surface area contributed by atoms with E-state index in [4.69, 9.17) is 30.8 Å². The monoisotopic (exact) mass is 489 g/mol. The maximum absolute atomic E-state index is 6.59. The average Bonchev–Trinajstić information content (AvgIpc) is 3.32. The predicted octanol–water partition coefficient (Wildman–Crippen LogP) is 5.29. The molecule has 178 valence electrons. The highest BCUT2D eigenvalue weighted by Crippen LogP contribution is 2.33. The van der Waals surface area contributed by atoms with Crippen molar-refractivity contribution >= 4 is 28.3 Å². The van der Waals surface area contributed by atoms with E-state index in [9.17, 15) is 0 Å². The summed E-state index contributed by atoms with van der Waals surface area (Å²) >= 11 is 6.59. The molecule has 3 aromatic heterocycles. The molecule has 35 heavy (non-hydrogen) atoms. The van der Waals surface area contributed by atoms with E-state index in [2.05, 4.69) is 15.2 Å². The molecular weight excluding hydrogens is 466 g/mol. The molecule has 0 saturated heterocycles. The maximum Gasteiger partial charge on any atom is 0.196 e. The molecule has 0 N–H and O–H groups in total. The van der Waals surface area contributed by atoms with E-state index in [0.29, 0.717) is 34.4 Å². The van der Waals surface area contributed by atoms with E-state index in [1.165, 1.54) is 0 Å². The topological polar surface area (TPSA) is 83.7 Å². The summed E-state index contributed by atoms with van der Waals surface area (Å²) in [4.78, 5) is 8.86. The summed E-state index contributed by atoms with van der Waals surface area (Å²) in [6, 6.07) is 15.2. The Kier molecular flexibility index (Phi) is 6.48. The lowest BCUT2D eigenvalue weighted by atomic mass is 10.2. The van der Waals surface area contributed by atoms with Gasteiger partial charge < -0.3 is 14.2 Å². The van der Waals surface area contributed by atoms with Gasteiger partial charge in [-0.05, 0) is 55.8 Å². The molecular formula is C26H24ClN5O3. The Balaban J connectivity index is 1.55. The first-order chi connectivity index (χ1) is 17.0. The number of hydrogen-bond donors (Lipinski definition) is 0. The van der Waals surface area contributed by atoms with Crippen LogP contribution in [0.2, 0.25) is 5.02 Å². The van der Waals surface area contributed by atoms with Crippen LogP contribution in [0, 0.1) is 6.92 Å². The van der Waals surface area contributed by atoms with Crippen molar-refractivity contribution in [3.63, 3.8) is 0 Å². The SMILES string of the molecule is COC(C)Oc1ccc(Cl)c(-c2nnc3c(C)nc4ccc(OCCc5cccnc5)cc4n23)c1. The average molecular weight is 490 g/mol. The first-order valence-electron chi connectivity index (χ1n) is 11.2. The summed E-state index contributed by atoms with van der Waals surface area (Å²) in [6.45, 7) is 4.25. The van der Waals surface area contributed by atoms with Crippen LogP contribution in [-0.4, -0.2) is 44.6 Å². The van der Waals surface area contributed by atoms with Gasteiger partial charge in [0.2, 0.25) is 0 Å². The van der Waals surface area contributed by atoms with Crippen molar-refractivity contribution in [1.29, 1.82) is 0 Å². The number of ether oxygens (including phenoxy) is 3. The molecule has 1 unspecified atom stereocenters. The summed E-state index contributed by atoms with van der Waals surface area (Å²) in [5, 5.41) is 9.40. The number of aryl methyl sites for hydroxylation is 1. The van der Waals surface area contributed by atoms with Crippen LogP contribution in [-0.2, 0) is 11.2 Å². The van der Waals surface area contributed by atoms with Gasteiger partial charge >= 0.3 is 0 Å². The van der Waals surface area contributed by atoms with Gasteiger partial charge in [-0.15, -0.1) is 10.2 Å². The fourth-order valence-electron chi connectivity index (χ4n) is 3.84. The predicted molar refractivity (Wildman–Crippen MR) is 134 cm³/mol. The highest BCUT2D eigenvalue weighted by molar-refractivity contribution is 6.33. The van der Waals surface area contributed by atoms with Crippen LogP contribution in [0.3, 0.4) is 0 Å². The zero-order valence-corrected chi connectivity index (χ0v) is 20.4. The second-order valence-electron chi connectivity index (χ2n) is 8.05. The van der Waals surface area contributed by atoms with Gasteiger partial charge in [-0.25, -0.2) is 4.98 Å². The number of nitrogens with zero attached hydrogens (tertiary/aromatic N) is 5. The minimum Gasteiger partial charge on any atom is -0.493 e. The molecule has 8 nitrogen and oxygen atoms in total. The molecule has 0 aliphatic carbocycles. The number of hydrogen-bond acceptors (Lipinski definition) is 7. The first kappa shape index (κ1) is 23.0. The van der Waals surface area contributed by atoms with Crippen LogP contribution in [0.1, 0.15) is 18.2 Å². The number of pyridine rings is 1. The lowest BCUT2D eigenvalue weighted by molar-refractivity contribution is -0.0382. The van der Waals surface area contributed by atoms with Crippen molar-refractivity contribution < 1.29 is 14.2 Å². The molecule has 0 aliphatic rings. The number of benzene rings is 2. The van der Waals surface area contributed by atoms with Gasteiger partial charge in [0.05, 0.1) is 28.4 Å². The van der Waals surface area contributed by atoms with Crippen LogP contribution in [0.25, 0.3) is 28.1 Å². The third kappa shape index (κ3) is 4.76. The van der Waals surface area contributed by atoms with E-state index in [-0.39, 0.29) is 0 Å². The molecule has 9 heteroatoms. The number of methoxy groups -OCH3 is 1. The van der Waals surface area contributed by atoms with Crippen molar-refractivity contribution in [2.75, 3.05) is 13.7 Å². The molecule has 5 aromatic rings. The summed E-state index contributed by atoms with van der Waals surface area (Å²) < 4.78 is 19.0. The molecule has 0 radical (unpaired) electrons. The number of aromatic nitrogens is 5. The van der Waals surface area contributed by atoms with Crippen molar-refractivity contribution in [1.82, 2.24) is 24.6 Å². The summed E-state index contributed by atoms with van der Waals surface area (Å²) in [5.41, 5.74) is 4.83. The minimum atomic E-state index is -0.405. The Bertz CT molecular complexity index is 1490. The lowest BCUT2D eigenvalue weighted by Gasteiger charge is -2.14. The zero-order chi connectivity index (χ0) is 24.4. The van der Waals surface area contributed by atoms with Crippen molar-refractivity contribution in [2.45, 2.75) is 26.6 Å². The smallest absolute Gasteiger partial charge is 0.196 e. The van der Waals surface area contributed by atoms with E-state index >= 15 is 0 Å². The van der Waals surface area contributed by atoms with Crippen LogP contribution < -0.4 is 9.47 Å². The Morgan fingerprint density at radius 1 is 1.06 bits per heavy atom. The molecule has 5 rings (SSSR count). The second-order valence-corrected chi connectivity index (χ2v) is 8.46. The van der Waals surface area contributed by atoms with Crippen LogP contribution in [0.5, 0.6) is 11.5 Å². The highest BCUT2D eigenvalue weighted by atomic mass is 35.5. The molecule has 0 saturated carbocycles. The summed E-state index contributed by atoms with van der Waals surface area (Å²) in [5.74, 6) is 1.93. The minimum absolute atomic E-state index is 0.405. The van der Waals surface area contributed by atoms with Gasteiger partial charge in [0.1, 0.15) is 11.5 Å². The fourth-order valence-corrected chi connectivity index (χ4v) is 4.04. The second kappa shape index (κ2) is 9.85. The Labute approximate surface area is 207 Å². The summed E-state index contributed by atoms with van der Waals surface area (Å²) in [7, 11) is 1.59. The molecule has 2 aromatic carbocycles. The van der Waals surface area contributed by atoms with Crippen LogP contribution in [0.4, 0.5) is 0 Å². The highest BCUT2D eigenvalue weighted by Gasteiger charge is 2.18. The Morgan fingerprint density at radius 2 is 1.91 bits per heavy atom. The number of halogens is 1. The maximum atomic E-state index is 6.59. The molecule has 0 bridgehead atoms. The third-order valence-corrected chi connectivity index (χ3v) is 5.99. The summed E-state index contributed by atoms with van der Waals surface area (Å²) in [6.07, 6.45) is 3.96. The molecule has 0 fully saturated rings. The third-order valence-electron chi connectivity index (χ3n) is 5.66. The van der Waals surface area contributed by atoms with Gasteiger partial charge in [-0.2, -0.15) is 0 Å². The van der Waals surface area contributed by atoms with E-state index in [1.807, 2.05) is 60.8 Å². The fraction of sp³-hybridized carbons (Fsp3) is 0.231. The molecule has 1 atom stereocenters. The van der Waals surface area contributed by atoms with Crippen LogP contribution in [0.15, 0.2) is 60.9 Å². The first-order valence-corrected chi connectivity index (χ1v) is 11.6. The van der Waals surface area contributed by atoms with E-state index < -0.39 is 6.29 Å².